The summed E-state index contributed by atoms with van der Waals surface area (Å²) in [4.78, 5) is 19.1. The van der Waals surface area contributed by atoms with Gasteiger partial charge in [0.2, 0.25) is 5.82 Å². The van der Waals surface area contributed by atoms with Gasteiger partial charge in [-0.2, -0.15) is 0 Å². The maximum atomic E-state index is 12.8. The maximum absolute atomic E-state index is 12.8. The summed E-state index contributed by atoms with van der Waals surface area (Å²) in [5.41, 5.74) is 6.67. The summed E-state index contributed by atoms with van der Waals surface area (Å²) < 4.78 is 1.76. The number of likely N-dealkylation sites (tertiary alicyclic amines) is 1. The number of nitrogens with two attached hydrogens (primary N) is 1. The van der Waals surface area contributed by atoms with E-state index in [1.807, 2.05) is 42.2 Å². The highest BCUT2D eigenvalue weighted by Gasteiger charge is 2.34. The Hall–Kier alpha value is -2.21. The van der Waals surface area contributed by atoms with E-state index in [1.54, 1.807) is 4.68 Å². The number of aromatic nitrogens is 3. The van der Waals surface area contributed by atoms with Crippen molar-refractivity contribution in [3.05, 3.63) is 42.0 Å². The second kappa shape index (κ2) is 6.50. The molecule has 1 aliphatic rings. The molecule has 3 rings (SSSR count). The van der Waals surface area contributed by atoms with E-state index in [0.717, 1.165) is 24.4 Å². The lowest BCUT2D eigenvalue weighted by atomic mass is 10.1. The zero-order valence-electron chi connectivity index (χ0n) is 13.6. The monoisotopic (exact) mass is 313 g/mol. The number of carbonyl (C=O) groups excluding carboxylic acids is 1. The van der Waals surface area contributed by atoms with Crippen molar-refractivity contribution in [3.8, 4) is 5.69 Å². The smallest absolute Gasteiger partial charge is 0.293 e. The number of rotatable bonds is 4. The molecule has 1 aliphatic heterocycles. The van der Waals surface area contributed by atoms with Crippen LogP contribution in [-0.2, 0) is 6.42 Å². The third kappa shape index (κ3) is 2.99. The largest absolute Gasteiger partial charge is 0.333 e. The van der Waals surface area contributed by atoms with Gasteiger partial charge in [0.15, 0.2) is 0 Å². The van der Waals surface area contributed by atoms with Gasteiger partial charge in [0.1, 0.15) is 5.82 Å². The van der Waals surface area contributed by atoms with Crippen molar-refractivity contribution in [2.45, 2.75) is 32.7 Å². The van der Waals surface area contributed by atoms with Gasteiger partial charge in [-0.05, 0) is 37.9 Å². The number of aryl methyl sites for hydroxylation is 1. The van der Waals surface area contributed by atoms with Crippen molar-refractivity contribution in [2.24, 2.45) is 11.7 Å². The van der Waals surface area contributed by atoms with Crippen molar-refractivity contribution in [1.82, 2.24) is 19.7 Å². The molecule has 0 saturated carbocycles. The molecule has 122 valence electrons. The number of amides is 1. The molecule has 23 heavy (non-hydrogen) atoms. The van der Waals surface area contributed by atoms with Crippen molar-refractivity contribution in [2.75, 3.05) is 13.1 Å². The van der Waals surface area contributed by atoms with E-state index < -0.39 is 0 Å². The molecule has 0 radical (unpaired) electrons. The Morgan fingerprint density at radius 3 is 2.70 bits per heavy atom. The summed E-state index contributed by atoms with van der Waals surface area (Å²) in [5.74, 6) is 1.34. The van der Waals surface area contributed by atoms with Crippen LogP contribution < -0.4 is 5.73 Å². The Balaban J connectivity index is 1.89. The molecule has 1 fully saturated rings. The highest BCUT2D eigenvalue weighted by molar-refractivity contribution is 5.91. The number of para-hydroxylation sites is 1. The van der Waals surface area contributed by atoms with Gasteiger partial charge in [0, 0.05) is 19.0 Å². The third-order valence-corrected chi connectivity index (χ3v) is 4.44. The molecule has 0 aliphatic carbocycles. The average molecular weight is 313 g/mol. The van der Waals surface area contributed by atoms with Crippen LogP contribution in [0, 0.1) is 5.92 Å². The number of hydrogen-bond donors (Lipinski definition) is 1. The Morgan fingerprint density at radius 1 is 1.35 bits per heavy atom. The van der Waals surface area contributed by atoms with Crippen LogP contribution in [0.4, 0.5) is 0 Å². The Labute approximate surface area is 136 Å². The molecule has 1 aromatic carbocycles. The molecule has 2 aromatic rings. The molecule has 2 heterocycles. The van der Waals surface area contributed by atoms with Crippen molar-refractivity contribution < 1.29 is 4.79 Å². The molecule has 1 amide bonds. The van der Waals surface area contributed by atoms with Gasteiger partial charge in [0.05, 0.1) is 5.69 Å². The van der Waals surface area contributed by atoms with Crippen LogP contribution in [-0.4, -0.2) is 44.7 Å². The van der Waals surface area contributed by atoms with Crippen molar-refractivity contribution in [3.63, 3.8) is 0 Å². The molecular weight excluding hydrogens is 290 g/mol. The minimum atomic E-state index is -0.0992. The lowest BCUT2D eigenvalue weighted by molar-refractivity contribution is 0.0731. The second-order valence-electron chi connectivity index (χ2n) is 6.10. The molecule has 2 N–H and O–H groups in total. The van der Waals surface area contributed by atoms with Crippen LogP contribution in [0.15, 0.2) is 30.3 Å². The zero-order valence-corrected chi connectivity index (χ0v) is 13.6. The summed E-state index contributed by atoms with van der Waals surface area (Å²) >= 11 is 0. The SMILES string of the molecule is CCc1nc(C(=O)N2CC(CN)CC2C)nn1-c1ccccc1. The molecule has 0 bridgehead atoms. The Morgan fingerprint density at radius 2 is 2.09 bits per heavy atom. The highest BCUT2D eigenvalue weighted by Crippen LogP contribution is 2.23. The van der Waals surface area contributed by atoms with E-state index in [1.165, 1.54) is 0 Å². The molecule has 2 atom stereocenters. The van der Waals surface area contributed by atoms with Crippen molar-refractivity contribution >= 4 is 5.91 Å². The van der Waals surface area contributed by atoms with Crippen LogP contribution >= 0.6 is 0 Å². The topological polar surface area (TPSA) is 77.0 Å². The fourth-order valence-corrected chi connectivity index (χ4v) is 3.16. The van der Waals surface area contributed by atoms with E-state index in [-0.39, 0.29) is 17.8 Å². The quantitative estimate of drug-likeness (QED) is 0.931. The molecule has 6 heteroatoms. The van der Waals surface area contributed by atoms with E-state index >= 15 is 0 Å². The van der Waals surface area contributed by atoms with Crippen LogP contribution in [0.1, 0.15) is 36.7 Å². The fourth-order valence-electron chi connectivity index (χ4n) is 3.16. The lowest BCUT2D eigenvalue weighted by Gasteiger charge is -2.19. The molecule has 6 nitrogen and oxygen atoms in total. The first-order valence-electron chi connectivity index (χ1n) is 8.16. The molecule has 1 saturated heterocycles. The molecular formula is C17H23N5O. The normalized spacial score (nSPS) is 20.9. The number of carbonyl (C=O) groups is 1. The zero-order chi connectivity index (χ0) is 16.4. The standard InChI is InChI=1S/C17H23N5O/c1-3-15-19-16(20-22(15)14-7-5-4-6-8-14)17(23)21-11-13(10-18)9-12(21)2/h4-8,12-13H,3,9-11,18H2,1-2H3. The maximum Gasteiger partial charge on any atom is 0.293 e. The minimum absolute atomic E-state index is 0.0992. The van der Waals surface area contributed by atoms with Crippen LogP contribution in [0.5, 0.6) is 0 Å². The minimum Gasteiger partial charge on any atom is -0.333 e. The summed E-state index contributed by atoms with van der Waals surface area (Å²) in [6.45, 7) is 5.38. The van der Waals surface area contributed by atoms with E-state index in [2.05, 4.69) is 17.0 Å². The molecule has 1 aromatic heterocycles. The summed E-state index contributed by atoms with van der Waals surface area (Å²) in [6, 6.07) is 9.97. The van der Waals surface area contributed by atoms with Crippen LogP contribution in [0.2, 0.25) is 0 Å². The van der Waals surface area contributed by atoms with E-state index in [0.29, 0.717) is 19.0 Å². The Kier molecular flexibility index (Phi) is 4.43. The number of nitrogens with zero attached hydrogens (tertiary/aromatic N) is 4. The second-order valence-corrected chi connectivity index (χ2v) is 6.10. The third-order valence-electron chi connectivity index (χ3n) is 4.44. The summed E-state index contributed by atoms with van der Waals surface area (Å²) in [5, 5.41) is 4.46. The van der Waals surface area contributed by atoms with Gasteiger partial charge in [0.25, 0.3) is 5.91 Å². The van der Waals surface area contributed by atoms with Crippen LogP contribution in [0.3, 0.4) is 0 Å². The Bertz CT molecular complexity index is 682. The first kappa shape index (κ1) is 15.7. The average Bonchev–Trinajstić information content (AvgIpc) is 3.18. The highest BCUT2D eigenvalue weighted by atomic mass is 16.2. The molecule has 2 unspecified atom stereocenters. The van der Waals surface area contributed by atoms with E-state index in [4.69, 9.17) is 5.73 Å². The van der Waals surface area contributed by atoms with Gasteiger partial charge in [-0.3, -0.25) is 4.79 Å². The lowest BCUT2D eigenvalue weighted by Crippen LogP contribution is -2.35. The van der Waals surface area contributed by atoms with Gasteiger partial charge in [-0.1, -0.05) is 25.1 Å². The first-order chi connectivity index (χ1) is 11.1. The van der Waals surface area contributed by atoms with Gasteiger partial charge >= 0.3 is 0 Å². The van der Waals surface area contributed by atoms with E-state index in [9.17, 15) is 4.79 Å². The summed E-state index contributed by atoms with van der Waals surface area (Å²) in [6.07, 6.45) is 1.67. The van der Waals surface area contributed by atoms with Crippen molar-refractivity contribution in [1.29, 1.82) is 0 Å². The summed E-state index contributed by atoms with van der Waals surface area (Å²) in [7, 11) is 0. The number of benzene rings is 1. The van der Waals surface area contributed by atoms with Gasteiger partial charge in [-0.15, -0.1) is 5.10 Å². The predicted molar refractivity (Wildman–Crippen MR) is 88.4 cm³/mol. The van der Waals surface area contributed by atoms with Crippen LogP contribution in [0.25, 0.3) is 5.69 Å². The predicted octanol–water partition coefficient (Wildman–Crippen LogP) is 1.64. The van der Waals surface area contributed by atoms with Gasteiger partial charge in [-0.25, -0.2) is 9.67 Å². The number of hydrogen-bond acceptors (Lipinski definition) is 4. The first-order valence-corrected chi connectivity index (χ1v) is 8.16. The van der Waals surface area contributed by atoms with Gasteiger partial charge < -0.3 is 10.6 Å². The molecule has 0 spiro atoms. The fraction of sp³-hybridized carbons (Fsp3) is 0.471.